The van der Waals surface area contributed by atoms with E-state index in [4.69, 9.17) is 4.74 Å². The molecule has 0 aromatic heterocycles. The van der Waals surface area contributed by atoms with E-state index in [1.807, 2.05) is 72.8 Å². The van der Waals surface area contributed by atoms with E-state index in [1.54, 1.807) is 31.2 Å². The van der Waals surface area contributed by atoms with Gasteiger partial charge in [0.05, 0.1) is 26.6 Å². The van der Waals surface area contributed by atoms with Gasteiger partial charge in [0.1, 0.15) is 18.0 Å². The van der Waals surface area contributed by atoms with E-state index in [-0.39, 0.29) is 25.6 Å². The summed E-state index contributed by atoms with van der Waals surface area (Å²) in [7, 11) is 3.21. The summed E-state index contributed by atoms with van der Waals surface area (Å²) in [5.74, 6) is -1.34. The lowest BCUT2D eigenvalue weighted by Crippen LogP contribution is -2.76. The van der Waals surface area contributed by atoms with Crippen LogP contribution >= 0.6 is 0 Å². The van der Waals surface area contributed by atoms with Crippen LogP contribution in [0.5, 0.6) is 5.75 Å². The van der Waals surface area contributed by atoms with Crippen molar-refractivity contribution in [1.82, 2.24) is 25.1 Å². The lowest BCUT2D eigenvalue weighted by molar-refractivity contribution is -0.188. The quantitative estimate of drug-likeness (QED) is 0.367. The van der Waals surface area contributed by atoms with Gasteiger partial charge in [-0.1, -0.05) is 72.8 Å². The molecule has 0 radical (unpaired) electrons. The van der Waals surface area contributed by atoms with Gasteiger partial charge in [0, 0.05) is 26.1 Å². The molecule has 0 saturated carbocycles. The number of rotatable bonds is 10. The lowest BCUT2D eigenvalue weighted by Gasteiger charge is -2.54. The zero-order valence-electron chi connectivity index (χ0n) is 24.8. The molecule has 2 atom stereocenters. The minimum atomic E-state index is -1.23. The molecule has 11 heteroatoms. The molecule has 3 aromatic carbocycles. The number of nitrogens with one attached hydrogen (secondary N) is 1. The van der Waals surface area contributed by atoms with Gasteiger partial charge in [-0.2, -0.15) is 0 Å². The summed E-state index contributed by atoms with van der Waals surface area (Å²) in [4.78, 5) is 55.5. The molecule has 2 heterocycles. The molecule has 2 aliphatic heterocycles. The van der Waals surface area contributed by atoms with Crippen molar-refractivity contribution in [3.63, 3.8) is 0 Å². The molecule has 0 spiro atoms. The molecular weight excluding hydrogens is 562 g/mol. The highest BCUT2D eigenvalue weighted by molar-refractivity contribution is 5.93. The van der Waals surface area contributed by atoms with Crippen molar-refractivity contribution >= 4 is 23.8 Å². The van der Waals surface area contributed by atoms with Crippen LogP contribution in [0.3, 0.4) is 0 Å². The Labute approximate surface area is 256 Å². The Hall–Kier alpha value is -4.90. The number of carboxylic acids is 1. The maximum Gasteiger partial charge on any atom is 0.334 e. The number of fused-ring (bicyclic) bond motifs is 1. The van der Waals surface area contributed by atoms with Crippen LogP contribution in [0.1, 0.15) is 35.4 Å². The number of carboxylic acid groups (broad SMARTS) is 1. The largest absolute Gasteiger partial charge is 0.497 e. The van der Waals surface area contributed by atoms with Crippen LogP contribution in [0, 0.1) is 0 Å². The van der Waals surface area contributed by atoms with Gasteiger partial charge in [-0.3, -0.25) is 14.4 Å². The van der Waals surface area contributed by atoms with Gasteiger partial charge < -0.3 is 25.0 Å². The fraction of sp³-hybridized carbons (Fsp3) is 0.333. The number of nitrogens with zero attached hydrogens (tertiary/aromatic N) is 4. The SMILES string of the molecule is COc1ccc(CNC(=O)N2C3CN(CCC(c4ccccc4)c4ccccc4)C(=O)[C@H](CC(=O)O)N3C(=O)CN2C)cc1. The van der Waals surface area contributed by atoms with Crippen LogP contribution in [0.25, 0.3) is 0 Å². The summed E-state index contributed by atoms with van der Waals surface area (Å²) in [5.41, 5.74) is 3.04. The minimum absolute atomic E-state index is 0.0132. The number of carbonyl (C=O) groups is 4. The maximum atomic E-state index is 13.8. The number of carbonyl (C=O) groups excluding carboxylic acids is 3. The van der Waals surface area contributed by atoms with Crippen molar-refractivity contribution in [3.05, 3.63) is 102 Å². The Bertz CT molecular complexity index is 1430. The Morgan fingerprint density at radius 1 is 0.955 bits per heavy atom. The molecule has 2 saturated heterocycles. The predicted molar refractivity (Wildman–Crippen MR) is 162 cm³/mol. The van der Waals surface area contributed by atoms with E-state index in [0.29, 0.717) is 18.7 Å². The van der Waals surface area contributed by atoms with Crippen LogP contribution in [-0.4, -0.2) is 94.7 Å². The second kappa shape index (κ2) is 13.6. The Morgan fingerprint density at radius 2 is 1.57 bits per heavy atom. The van der Waals surface area contributed by atoms with Crippen LogP contribution in [0.4, 0.5) is 4.79 Å². The number of urea groups is 1. The number of hydrazine groups is 1. The Kier molecular flexibility index (Phi) is 9.44. The van der Waals surface area contributed by atoms with Gasteiger partial charge in [0.2, 0.25) is 11.8 Å². The zero-order valence-corrected chi connectivity index (χ0v) is 24.8. The smallest absolute Gasteiger partial charge is 0.334 e. The molecule has 2 aliphatic rings. The van der Waals surface area contributed by atoms with Crippen molar-refractivity contribution in [2.45, 2.75) is 37.5 Å². The number of methoxy groups -OCH3 is 1. The van der Waals surface area contributed by atoms with Gasteiger partial charge in [0.25, 0.3) is 0 Å². The molecule has 0 aliphatic carbocycles. The average molecular weight is 600 g/mol. The number of benzene rings is 3. The molecule has 44 heavy (non-hydrogen) atoms. The van der Waals surface area contributed by atoms with Crippen molar-refractivity contribution in [1.29, 1.82) is 0 Å². The van der Waals surface area contributed by atoms with E-state index < -0.39 is 42.4 Å². The highest BCUT2D eigenvalue weighted by Gasteiger charge is 2.51. The third kappa shape index (κ3) is 6.68. The van der Waals surface area contributed by atoms with Crippen molar-refractivity contribution in [3.8, 4) is 5.75 Å². The molecule has 3 aromatic rings. The highest BCUT2D eigenvalue weighted by Crippen LogP contribution is 2.31. The number of amides is 4. The van der Waals surface area contributed by atoms with E-state index in [9.17, 15) is 24.3 Å². The third-order valence-electron chi connectivity index (χ3n) is 8.21. The van der Waals surface area contributed by atoms with Gasteiger partial charge in [-0.05, 0) is 35.2 Å². The molecule has 0 bridgehead atoms. The van der Waals surface area contributed by atoms with Crippen molar-refractivity contribution in [2.75, 3.05) is 33.8 Å². The molecule has 2 fully saturated rings. The summed E-state index contributed by atoms with van der Waals surface area (Å²) in [6.07, 6.45) is -0.852. The molecule has 230 valence electrons. The van der Waals surface area contributed by atoms with E-state index >= 15 is 0 Å². The Morgan fingerprint density at radius 3 is 2.14 bits per heavy atom. The van der Waals surface area contributed by atoms with Crippen LogP contribution < -0.4 is 10.1 Å². The first-order valence-electron chi connectivity index (χ1n) is 14.6. The second-order valence-corrected chi connectivity index (χ2v) is 11.0. The first-order valence-corrected chi connectivity index (χ1v) is 14.6. The molecule has 2 N–H and O–H groups in total. The maximum absolute atomic E-state index is 13.8. The topological polar surface area (TPSA) is 123 Å². The zero-order chi connectivity index (χ0) is 31.2. The predicted octanol–water partition coefficient (Wildman–Crippen LogP) is 3.13. The van der Waals surface area contributed by atoms with Crippen molar-refractivity contribution in [2.24, 2.45) is 0 Å². The first-order chi connectivity index (χ1) is 21.3. The summed E-state index contributed by atoms with van der Waals surface area (Å²) < 4.78 is 5.20. The molecule has 11 nitrogen and oxygen atoms in total. The second-order valence-electron chi connectivity index (χ2n) is 11.0. The van der Waals surface area contributed by atoms with E-state index in [2.05, 4.69) is 5.32 Å². The number of piperazine rings is 1. The summed E-state index contributed by atoms with van der Waals surface area (Å²) >= 11 is 0. The summed E-state index contributed by atoms with van der Waals surface area (Å²) in [5, 5.41) is 15.6. The van der Waals surface area contributed by atoms with Crippen LogP contribution in [0.2, 0.25) is 0 Å². The lowest BCUT2D eigenvalue weighted by atomic mass is 9.88. The molecular formula is C33H37N5O6. The molecule has 4 amide bonds. The third-order valence-corrected chi connectivity index (χ3v) is 8.21. The van der Waals surface area contributed by atoms with Gasteiger partial charge in [-0.15, -0.1) is 0 Å². The van der Waals surface area contributed by atoms with Crippen molar-refractivity contribution < 1.29 is 29.0 Å². The molecule has 5 rings (SSSR count). The number of likely N-dealkylation sites (N-methyl/N-ethyl adjacent to an activating group) is 1. The van der Waals surface area contributed by atoms with Crippen LogP contribution in [0.15, 0.2) is 84.9 Å². The van der Waals surface area contributed by atoms with E-state index in [1.165, 1.54) is 14.9 Å². The minimum Gasteiger partial charge on any atom is -0.497 e. The number of hydrogen-bond donors (Lipinski definition) is 2. The standard InChI is InChI=1S/C33H37N5O6/c1-35-22-30(39)37-28(19-31(40)41)32(42)36(18-17-27(24-9-5-3-6-10-24)25-11-7-4-8-12-25)21-29(37)38(35)33(43)34-20-23-13-15-26(44-2)16-14-23/h3-16,27-29H,17-22H2,1-2H3,(H,34,43)(H,40,41)/t28-,29?/m0/s1. The van der Waals surface area contributed by atoms with E-state index in [0.717, 1.165) is 16.7 Å². The number of ether oxygens (including phenoxy) is 1. The fourth-order valence-electron chi connectivity index (χ4n) is 6.06. The summed E-state index contributed by atoms with van der Waals surface area (Å²) in [6, 6.07) is 25.6. The van der Waals surface area contributed by atoms with Crippen LogP contribution in [-0.2, 0) is 20.9 Å². The van der Waals surface area contributed by atoms with Gasteiger partial charge >= 0.3 is 12.0 Å². The number of hydrogen-bond acceptors (Lipinski definition) is 6. The first kappa shape index (κ1) is 30.6. The number of aliphatic carboxylic acids is 1. The average Bonchev–Trinajstić information content (AvgIpc) is 3.02. The summed E-state index contributed by atoms with van der Waals surface area (Å²) in [6.45, 7) is 0.426. The monoisotopic (exact) mass is 599 g/mol. The molecule has 1 unspecified atom stereocenters. The normalized spacial score (nSPS) is 18.8. The fourth-order valence-corrected chi connectivity index (χ4v) is 6.06. The highest BCUT2D eigenvalue weighted by atomic mass is 16.5. The Balaban J connectivity index is 1.39. The van der Waals surface area contributed by atoms with Gasteiger partial charge in [-0.25, -0.2) is 14.8 Å². The van der Waals surface area contributed by atoms with Gasteiger partial charge in [0.15, 0.2) is 0 Å².